The fraction of sp³-hybridized carbons (Fsp3) is 0.190. The van der Waals surface area contributed by atoms with Gasteiger partial charge >= 0.3 is 5.97 Å². The van der Waals surface area contributed by atoms with Gasteiger partial charge in [-0.2, -0.15) is 5.26 Å². The summed E-state index contributed by atoms with van der Waals surface area (Å²) in [6, 6.07) is 16.5. The first-order valence-corrected chi connectivity index (χ1v) is 8.43. The Bertz CT molecular complexity index is 898. The van der Waals surface area contributed by atoms with Crippen molar-refractivity contribution >= 4 is 17.6 Å². The number of methoxy groups -OCH3 is 1. The Morgan fingerprint density at radius 1 is 1.19 bits per heavy atom. The number of ether oxygens (including phenoxy) is 1. The zero-order chi connectivity index (χ0) is 19.6. The van der Waals surface area contributed by atoms with Crippen LogP contribution in [-0.2, 0) is 16.0 Å². The van der Waals surface area contributed by atoms with E-state index >= 15 is 0 Å². The van der Waals surface area contributed by atoms with Crippen molar-refractivity contribution in [2.45, 2.75) is 13.3 Å². The maximum absolute atomic E-state index is 12.3. The molecule has 0 spiro atoms. The second-order valence-corrected chi connectivity index (χ2v) is 5.85. The fourth-order valence-corrected chi connectivity index (χ4v) is 2.48. The molecule has 138 valence electrons. The minimum Gasteiger partial charge on any atom is -0.465 e. The number of nitriles is 1. The van der Waals surface area contributed by atoms with E-state index < -0.39 is 11.9 Å². The lowest BCUT2D eigenvalue weighted by Crippen LogP contribution is -2.19. The molecule has 0 aliphatic carbocycles. The Morgan fingerprint density at radius 3 is 2.67 bits per heavy atom. The van der Waals surface area contributed by atoms with E-state index in [1.165, 1.54) is 30.5 Å². The number of rotatable bonds is 7. The maximum atomic E-state index is 12.3. The third kappa shape index (κ3) is 5.72. The molecular weight excluding hydrogens is 342 g/mol. The molecule has 2 rings (SSSR count). The Kier molecular flexibility index (Phi) is 7.15. The van der Waals surface area contributed by atoms with Crippen molar-refractivity contribution in [3.05, 3.63) is 77.0 Å². The summed E-state index contributed by atoms with van der Waals surface area (Å²) >= 11 is 0. The molecule has 0 saturated carbocycles. The van der Waals surface area contributed by atoms with Crippen LogP contribution in [0.5, 0.6) is 0 Å². The third-order valence-corrected chi connectivity index (χ3v) is 3.83. The van der Waals surface area contributed by atoms with Crippen LogP contribution in [0.25, 0.3) is 0 Å². The highest BCUT2D eigenvalue weighted by Gasteiger charge is 2.15. The number of hydrogen-bond donors (Lipinski definition) is 2. The first-order valence-electron chi connectivity index (χ1n) is 8.43. The van der Waals surface area contributed by atoms with E-state index in [1.54, 1.807) is 18.2 Å². The second kappa shape index (κ2) is 9.78. The highest BCUT2D eigenvalue weighted by atomic mass is 16.5. The Labute approximate surface area is 158 Å². The molecule has 0 radical (unpaired) electrons. The molecule has 2 aromatic carbocycles. The summed E-state index contributed by atoms with van der Waals surface area (Å²) in [6.45, 7) is 2.61. The van der Waals surface area contributed by atoms with E-state index in [-0.39, 0.29) is 16.8 Å². The standard InChI is InChI=1S/C21H21N3O3/c1-15-6-5-7-16(12-15)10-11-23-14-17(13-22)20(25)24-19-9-4-3-8-18(19)21(26)27-2/h3-9,12,14,23H,10-11H2,1-2H3,(H,24,25)/b17-14-. The monoisotopic (exact) mass is 363 g/mol. The molecule has 6 heteroatoms. The summed E-state index contributed by atoms with van der Waals surface area (Å²) < 4.78 is 4.69. The van der Waals surface area contributed by atoms with Crippen LogP contribution >= 0.6 is 0 Å². The molecule has 0 unspecified atom stereocenters. The minimum absolute atomic E-state index is 0.0843. The molecule has 0 heterocycles. The quantitative estimate of drug-likeness (QED) is 0.342. The van der Waals surface area contributed by atoms with Gasteiger partial charge in [-0.25, -0.2) is 4.79 Å². The van der Waals surface area contributed by atoms with Crippen molar-refractivity contribution in [2.75, 3.05) is 19.0 Å². The Hall–Kier alpha value is -3.59. The number of nitrogens with one attached hydrogen (secondary N) is 2. The largest absolute Gasteiger partial charge is 0.465 e. The second-order valence-electron chi connectivity index (χ2n) is 5.85. The van der Waals surface area contributed by atoms with E-state index in [9.17, 15) is 14.9 Å². The van der Waals surface area contributed by atoms with Crippen molar-refractivity contribution in [1.82, 2.24) is 5.32 Å². The van der Waals surface area contributed by atoms with Gasteiger partial charge in [-0.1, -0.05) is 42.0 Å². The maximum Gasteiger partial charge on any atom is 0.339 e. The van der Waals surface area contributed by atoms with E-state index in [0.29, 0.717) is 6.54 Å². The molecule has 0 fully saturated rings. The number of aryl methyl sites for hydroxylation is 1. The Morgan fingerprint density at radius 2 is 1.96 bits per heavy atom. The van der Waals surface area contributed by atoms with Crippen molar-refractivity contribution in [3.63, 3.8) is 0 Å². The molecular formula is C21H21N3O3. The van der Waals surface area contributed by atoms with Crippen molar-refractivity contribution < 1.29 is 14.3 Å². The van der Waals surface area contributed by atoms with Crippen molar-refractivity contribution in [2.24, 2.45) is 0 Å². The number of anilines is 1. The number of carbonyl (C=O) groups excluding carboxylic acids is 2. The Balaban J connectivity index is 1.98. The lowest BCUT2D eigenvalue weighted by molar-refractivity contribution is -0.112. The highest BCUT2D eigenvalue weighted by Crippen LogP contribution is 2.16. The van der Waals surface area contributed by atoms with Crippen LogP contribution in [0, 0.1) is 18.3 Å². The smallest absolute Gasteiger partial charge is 0.339 e. The van der Waals surface area contributed by atoms with Crippen LogP contribution in [0.4, 0.5) is 5.69 Å². The molecule has 0 aromatic heterocycles. The van der Waals surface area contributed by atoms with Gasteiger partial charge in [0, 0.05) is 12.7 Å². The highest BCUT2D eigenvalue weighted by molar-refractivity contribution is 6.09. The lowest BCUT2D eigenvalue weighted by atomic mass is 10.1. The van der Waals surface area contributed by atoms with Gasteiger partial charge in [0.15, 0.2) is 0 Å². The summed E-state index contributed by atoms with van der Waals surface area (Å²) in [5, 5.41) is 14.8. The number of amides is 1. The average molecular weight is 363 g/mol. The molecule has 0 bridgehead atoms. The van der Waals surface area contributed by atoms with Crippen molar-refractivity contribution in [3.8, 4) is 6.07 Å². The summed E-state index contributed by atoms with van der Waals surface area (Å²) in [5.74, 6) is -1.17. The van der Waals surface area contributed by atoms with Crippen molar-refractivity contribution in [1.29, 1.82) is 5.26 Å². The molecule has 0 atom stereocenters. The molecule has 2 N–H and O–H groups in total. The normalized spacial score (nSPS) is 10.6. The van der Waals surface area contributed by atoms with Crippen LogP contribution in [0.1, 0.15) is 21.5 Å². The molecule has 2 aromatic rings. The predicted molar refractivity (Wildman–Crippen MR) is 103 cm³/mol. The number of esters is 1. The number of benzene rings is 2. The number of para-hydroxylation sites is 1. The summed E-state index contributed by atoms with van der Waals surface area (Å²) in [6.07, 6.45) is 2.15. The molecule has 0 aliphatic heterocycles. The first-order chi connectivity index (χ1) is 13.0. The van der Waals surface area contributed by atoms with Crippen LogP contribution < -0.4 is 10.6 Å². The first kappa shape index (κ1) is 19.7. The SMILES string of the molecule is COC(=O)c1ccccc1NC(=O)/C(C#N)=C\NCCc1cccc(C)c1. The van der Waals surface area contributed by atoms with E-state index in [2.05, 4.69) is 16.7 Å². The van der Waals surface area contributed by atoms with Crippen LogP contribution in [0.2, 0.25) is 0 Å². The zero-order valence-corrected chi connectivity index (χ0v) is 15.3. The lowest BCUT2D eigenvalue weighted by Gasteiger charge is -2.09. The van der Waals surface area contributed by atoms with Gasteiger partial charge in [-0.05, 0) is 31.0 Å². The molecule has 27 heavy (non-hydrogen) atoms. The van der Waals surface area contributed by atoms with E-state index in [4.69, 9.17) is 4.74 Å². The molecule has 6 nitrogen and oxygen atoms in total. The minimum atomic E-state index is -0.600. The zero-order valence-electron chi connectivity index (χ0n) is 15.3. The summed E-state index contributed by atoms with van der Waals surface area (Å²) in [4.78, 5) is 24.1. The van der Waals surface area contributed by atoms with E-state index in [1.807, 2.05) is 31.2 Å². The number of hydrogen-bond acceptors (Lipinski definition) is 5. The predicted octanol–water partition coefficient (Wildman–Crippen LogP) is 2.96. The van der Waals surface area contributed by atoms with Gasteiger partial charge in [0.1, 0.15) is 11.6 Å². The average Bonchev–Trinajstić information content (AvgIpc) is 2.68. The van der Waals surface area contributed by atoms with Crippen LogP contribution in [-0.4, -0.2) is 25.5 Å². The van der Waals surface area contributed by atoms with Gasteiger partial charge in [-0.15, -0.1) is 0 Å². The number of nitrogens with zero attached hydrogens (tertiary/aromatic N) is 1. The van der Waals surface area contributed by atoms with Gasteiger partial charge < -0.3 is 15.4 Å². The van der Waals surface area contributed by atoms with E-state index in [0.717, 1.165) is 6.42 Å². The topological polar surface area (TPSA) is 91.2 Å². The summed E-state index contributed by atoms with van der Waals surface area (Å²) in [5.41, 5.74) is 2.78. The summed E-state index contributed by atoms with van der Waals surface area (Å²) in [7, 11) is 1.26. The van der Waals surface area contributed by atoms with Gasteiger partial charge in [0.2, 0.25) is 0 Å². The molecule has 0 aliphatic rings. The van der Waals surface area contributed by atoms with Crippen LogP contribution in [0.3, 0.4) is 0 Å². The van der Waals surface area contributed by atoms with Gasteiger partial charge in [-0.3, -0.25) is 4.79 Å². The molecule has 1 amide bonds. The fourth-order valence-electron chi connectivity index (χ4n) is 2.48. The van der Waals surface area contributed by atoms with Gasteiger partial charge in [0.05, 0.1) is 18.4 Å². The van der Waals surface area contributed by atoms with Crippen LogP contribution in [0.15, 0.2) is 60.3 Å². The molecule has 0 saturated heterocycles. The number of carbonyl (C=O) groups is 2. The third-order valence-electron chi connectivity index (χ3n) is 3.83. The van der Waals surface area contributed by atoms with Gasteiger partial charge in [0.25, 0.3) is 5.91 Å².